The lowest BCUT2D eigenvalue weighted by molar-refractivity contribution is -0.128. The third-order valence-electron chi connectivity index (χ3n) is 4.96. The second kappa shape index (κ2) is 9.47. The number of anilines is 2. The molecule has 30 heavy (non-hydrogen) atoms. The Morgan fingerprint density at radius 2 is 1.83 bits per heavy atom. The number of nitrogens with one attached hydrogen (secondary N) is 2. The summed E-state index contributed by atoms with van der Waals surface area (Å²) < 4.78 is 26.6. The highest BCUT2D eigenvalue weighted by Crippen LogP contribution is 2.21. The van der Waals surface area contributed by atoms with Crippen molar-refractivity contribution in [1.29, 1.82) is 0 Å². The number of carbonyl (C=O) groups excluding carboxylic acids is 3. The number of benzene rings is 2. The fraction of sp³-hybridized carbons (Fsp3) is 0.318. The Balaban J connectivity index is 1.57. The van der Waals surface area contributed by atoms with Gasteiger partial charge in [-0.25, -0.2) is 8.78 Å². The quantitative estimate of drug-likeness (QED) is 0.722. The number of nitrogens with zero attached hydrogens (tertiary/aromatic N) is 1. The molecular formula is C22H23F2N3O3. The Hall–Kier alpha value is -3.29. The molecule has 158 valence electrons. The van der Waals surface area contributed by atoms with Gasteiger partial charge in [-0.1, -0.05) is 13.3 Å². The van der Waals surface area contributed by atoms with E-state index >= 15 is 0 Å². The predicted molar refractivity (Wildman–Crippen MR) is 109 cm³/mol. The molecule has 1 saturated heterocycles. The molecule has 0 unspecified atom stereocenters. The monoisotopic (exact) mass is 415 g/mol. The Morgan fingerprint density at radius 3 is 2.50 bits per heavy atom. The number of rotatable bonds is 7. The molecule has 1 aliphatic heterocycles. The zero-order valence-electron chi connectivity index (χ0n) is 16.6. The van der Waals surface area contributed by atoms with Gasteiger partial charge in [0.25, 0.3) is 5.91 Å². The molecule has 1 fully saturated rings. The Bertz CT molecular complexity index is 947. The first-order chi connectivity index (χ1) is 14.4. The number of hydrogen-bond acceptors (Lipinski definition) is 3. The molecular weight excluding hydrogens is 392 g/mol. The molecule has 2 aromatic carbocycles. The van der Waals surface area contributed by atoms with Gasteiger partial charge in [-0.2, -0.15) is 0 Å². The predicted octanol–water partition coefficient (Wildman–Crippen LogP) is 3.80. The Labute approximate surface area is 173 Å². The van der Waals surface area contributed by atoms with E-state index in [1.54, 1.807) is 17.0 Å². The smallest absolute Gasteiger partial charge is 0.255 e. The standard InChI is InChI=1S/C22H23F2N3O3/c1-2-3-10-27-13-15(11-20(27)28)22(30)25-17-7-4-14(5-8-17)21(29)26-19-9-6-16(23)12-18(19)24/h4-9,12,15H,2-3,10-11,13H2,1H3,(H,25,30)(H,26,29)/t15-/m0/s1. The van der Waals surface area contributed by atoms with Crippen molar-refractivity contribution in [3.05, 3.63) is 59.7 Å². The average molecular weight is 415 g/mol. The largest absolute Gasteiger partial charge is 0.342 e. The second-order valence-electron chi connectivity index (χ2n) is 7.24. The van der Waals surface area contributed by atoms with E-state index in [0.717, 1.165) is 25.0 Å². The maximum absolute atomic E-state index is 13.7. The molecule has 1 atom stereocenters. The van der Waals surface area contributed by atoms with Crippen LogP contribution in [0.5, 0.6) is 0 Å². The summed E-state index contributed by atoms with van der Waals surface area (Å²) >= 11 is 0. The van der Waals surface area contributed by atoms with Crippen molar-refractivity contribution in [2.45, 2.75) is 26.2 Å². The summed E-state index contributed by atoms with van der Waals surface area (Å²) in [5.41, 5.74) is 0.611. The van der Waals surface area contributed by atoms with Crippen LogP contribution in [0.1, 0.15) is 36.5 Å². The average Bonchev–Trinajstić information content (AvgIpc) is 3.09. The van der Waals surface area contributed by atoms with Gasteiger partial charge in [0.1, 0.15) is 11.6 Å². The number of halogens is 2. The van der Waals surface area contributed by atoms with Crippen LogP contribution in [-0.2, 0) is 9.59 Å². The van der Waals surface area contributed by atoms with Crippen LogP contribution in [-0.4, -0.2) is 35.7 Å². The van der Waals surface area contributed by atoms with Gasteiger partial charge in [0.05, 0.1) is 11.6 Å². The highest BCUT2D eigenvalue weighted by atomic mass is 19.1. The lowest BCUT2D eigenvalue weighted by Gasteiger charge is -2.16. The van der Waals surface area contributed by atoms with E-state index in [9.17, 15) is 23.2 Å². The molecule has 0 spiro atoms. The highest BCUT2D eigenvalue weighted by Gasteiger charge is 2.33. The molecule has 2 N–H and O–H groups in total. The van der Waals surface area contributed by atoms with Crippen LogP contribution in [0.25, 0.3) is 0 Å². The molecule has 0 radical (unpaired) electrons. The molecule has 0 bridgehead atoms. The van der Waals surface area contributed by atoms with Gasteiger partial charge in [0.15, 0.2) is 0 Å². The molecule has 0 aromatic heterocycles. The van der Waals surface area contributed by atoms with Crippen molar-refractivity contribution in [2.75, 3.05) is 23.7 Å². The summed E-state index contributed by atoms with van der Waals surface area (Å²) in [5.74, 6) is -2.82. The summed E-state index contributed by atoms with van der Waals surface area (Å²) in [4.78, 5) is 38.4. The summed E-state index contributed by atoms with van der Waals surface area (Å²) in [5, 5.41) is 5.14. The van der Waals surface area contributed by atoms with Crippen LogP contribution >= 0.6 is 0 Å². The molecule has 3 rings (SSSR count). The maximum Gasteiger partial charge on any atom is 0.255 e. The molecule has 8 heteroatoms. The SMILES string of the molecule is CCCCN1C[C@@H](C(=O)Nc2ccc(C(=O)Nc3ccc(F)cc3F)cc2)CC1=O. The van der Waals surface area contributed by atoms with Gasteiger partial charge >= 0.3 is 0 Å². The second-order valence-corrected chi connectivity index (χ2v) is 7.24. The van der Waals surface area contributed by atoms with Crippen LogP contribution in [0, 0.1) is 17.6 Å². The zero-order chi connectivity index (χ0) is 21.7. The fourth-order valence-electron chi connectivity index (χ4n) is 3.25. The third kappa shape index (κ3) is 5.20. The maximum atomic E-state index is 13.7. The van der Waals surface area contributed by atoms with Crippen molar-refractivity contribution in [1.82, 2.24) is 4.90 Å². The molecule has 1 heterocycles. The van der Waals surface area contributed by atoms with Gasteiger partial charge in [-0.05, 0) is 42.8 Å². The van der Waals surface area contributed by atoms with Crippen LogP contribution in [0.3, 0.4) is 0 Å². The first-order valence-electron chi connectivity index (χ1n) is 9.82. The van der Waals surface area contributed by atoms with Crippen LogP contribution < -0.4 is 10.6 Å². The topological polar surface area (TPSA) is 78.5 Å². The summed E-state index contributed by atoms with van der Waals surface area (Å²) in [7, 11) is 0. The van der Waals surface area contributed by atoms with E-state index < -0.39 is 23.5 Å². The number of likely N-dealkylation sites (tertiary alicyclic amines) is 1. The number of carbonyl (C=O) groups is 3. The summed E-state index contributed by atoms with van der Waals surface area (Å²) in [6, 6.07) is 8.96. The molecule has 0 aliphatic carbocycles. The van der Waals surface area contributed by atoms with Crippen molar-refractivity contribution >= 4 is 29.1 Å². The third-order valence-corrected chi connectivity index (χ3v) is 4.96. The molecule has 2 aromatic rings. The van der Waals surface area contributed by atoms with Gasteiger partial charge in [-0.15, -0.1) is 0 Å². The minimum atomic E-state index is -0.869. The summed E-state index contributed by atoms with van der Waals surface area (Å²) in [6.07, 6.45) is 2.08. The van der Waals surface area contributed by atoms with Crippen molar-refractivity contribution in [2.24, 2.45) is 5.92 Å². The Morgan fingerprint density at radius 1 is 1.10 bits per heavy atom. The number of unbranched alkanes of at least 4 members (excludes halogenated alkanes) is 1. The minimum absolute atomic E-state index is 0.0105. The van der Waals surface area contributed by atoms with Crippen LogP contribution in [0.2, 0.25) is 0 Å². The van der Waals surface area contributed by atoms with Gasteiger partial charge < -0.3 is 15.5 Å². The van der Waals surface area contributed by atoms with Gasteiger partial charge in [0.2, 0.25) is 11.8 Å². The minimum Gasteiger partial charge on any atom is -0.342 e. The van der Waals surface area contributed by atoms with Crippen molar-refractivity contribution < 1.29 is 23.2 Å². The van der Waals surface area contributed by atoms with Crippen molar-refractivity contribution in [3.63, 3.8) is 0 Å². The molecule has 1 aliphatic rings. The van der Waals surface area contributed by atoms with E-state index in [1.807, 2.05) is 6.92 Å². The van der Waals surface area contributed by atoms with E-state index in [4.69, 9.17) is 0 Å². The van der Waals surface area contributed by atoms with E-state index in [2.05, 4.69) is 10.6 Å². The van der Waals surface area contributed by atoms with Crippen molar-refractivity contribution in [3.8, 4) is 0 Å². The fourth-order valence-corrected chi connectivity index (χ4v) is 3.25. The first kappa shape index (κ1) is 21.4. The first-order valence-corrected chi connectivity index (χ1v) is 9.82. The van der Waals surface area contributed by atoms with Gasteiger partial charge in [0, 0.05) is 36.8 Å². The molecule has 6 nitrogen and oxygen atoms in total. The summed E-state index contributed by atoms with van der Waals surface area (Å²) in [6.45, 7) is 3.12. The Kier molecular flexibility index (Phi) is 6.76. The molecule has 0 saturated carbocycles. The lowest BCUT2D eigenvalue weighted by atomic mass is 10.1. The van der Waals surface area contributed by atoms with E-state index in [-0.39, 0.29) is 29.5 Å². The lowest BCUT2D eigenvalue weighted by Crippen LogP contribution is -2.29. The van der Waals surface area contributed by atoms with Crippen LogP contribution in [0.4, 0.5) is 20.2 Å². The highest BCUT2D eigenvalue weighted by molar-refractivity contribution is 6.05. The number of hydrogen-bond donors (Lipinski definition) is 2. The van der Waals surface area contributed by atoms with Gasteiger partial charge in [-0.3, -0.25) is 14.4 Å². The molecule has 3 amide bonds. The number of amides is 3. The zero-order valence-corrected chi connectivity index (χ0v) is 16.6. The van der Waals surface area contributed by atoms with Crippen LogP contribution in [0.15, 0.2) is 42.5 Å². The van der Waals surface area contributed by atoms with E-state index in [1.165, 1.54) is 12.1 Å². The normalized spacial score (nSPS) is 15.9. The van der Waals surface area contributed by atoms with E-state index in [0.29, 0.717) is 24.8 Å².